The summed E-state index contributed by atoms with van der Waals surface area (Å²) in [6.45, 7) is 3.91. The second kappa shape index (κ2) is 8.66. The van der Waals surface area contributed by atoms with Gasteiger partial charge in [-0.15, -0.1) is 11.3 Å². The molecule has 4 rings (SSSR count). The molecule has 0 aliphatic carbocycles. The summed E-state index contributed by atoms with van der Waals surface area (Å²) in [6.07, 6.45) is 1.51. The molecule has 1 aliphatic rings. The standard InChI is InChI=1S/C21H21ClN4O3S2/c1-21(2)20(23)25-16(11-31(21)28)18-14(22)9-17(30-18)19(27)24-10-12-4-3-5-13(8-12)15-6-7-29-26-15/h3-9,16H,10-11H2,1-2H3,(H2,23,25)(H,24,27). The first-order valence-electron chi connectivity index (χ1n) is 9.57. The van der Waals surface area contributed by atoms with Crippen molar-refractivity contribution in [2.24, 2.45) is 0 Å². The Morgan fingerprint density at radius 2 is 2.26 bits per heavy atom. The van der Waals surface area contributed by atoms with Crippen LogP contribution >= 0.6 is 22.9 Å². The second-order valence-electron chi connectivity index (χ2n) is 7.69. The Bertz CT molecular complexity index is 1110. The number of hydrogen-bond acceptors (Lipinski definition) is 6. The molecule has 1 aromatic carbocycles. The minimum absolute atomic E-state index is 0.213. The quantitative estimate of drug-likeness (QED) is 0.479. The van der Waals surface area contributed by atoms with Crippen molar-refractivity contribution in [2.45, 2.75) is 31.2 Å². The highest BCUT2D eigenvalue weighted by molar-refractivity contribution is 7.93. The van der Waals surface area contributed by atoms with Crippen molar-refractivity contribution < 1.29 is 13.9 Å². The van der Waals surface area contributed by atoms with Gasteiger partial charge in [0, 0.05) is 18.2 Å². The summed E-state index contributed by atoms with van der Waals surface area (Å²) in [5.74, 6) is 0.313. The number of amides is 1. The van der Waals surface area contributed by atoms with Crippen LogP contribution < -0.4 is 10.6 Å². The SMILES string of the molecule is CC1(C)C(=N)NC(c2sc(C(=O)NCc3cccc(-c4ccon4)c3)cc2Cl)C[S+]1[O-]. The summed E-state index contributed by atoms with van der Waals surface area (Å²) in [4.78, 5) is 13.9. The third-order valence-electron chi connectivity index (χ3n) is 5.17. The molecule has 1 saturated heterocycles. The number of rotatable bonds is 5. The topological polar surface area (TPSA) is 114 Å². The van der Waals surface area contributed by atoms with E-state index >= 15 is 0 Å². The highest BCUT2D eigenvalue weighted by atomic mass is 35.5. The molecule has 162 valence electrons. The van der Waals surface area contributed by atoms with Gasteiger partial charge in [-0.2, -0.15) is 0 Å². The molecule has 2 atom stereocenters. The van der Waals surface area contributed by atoms with Gasteiger partial charge in [0.1, 0.15) is 23.8 Å². The molecule has 3 aromatic rings. The van der Waals surface area contributed by atoms with Crippen LogP contribution in [-0.4, -0.2) is 32.0 Å². The minimum Gasteiger partial charge on any atom is -0.616 e. The molecule has 7 nitrogen and oxygen atoms in total. The average Bonchev–Trinajstić information content (AvgIpc) is 3.40. The molecule has 3 heterocycles. The van der Waals surface area contributed by atoms with E-state index in [-0.39, 0.29) is 17.8 Å². The number of aromatic nitrogens is 1. The zero-order chi connectivity index (χ0) is 22.2. The molecule has 10 heteroatoms. The third kappa shape index (κ3) is 4.50. The van der Waals surface area contributed by atoms with Gasteiger partial charge in [-0.25, -0.2) is 0 Å². The fourth-order valence-corrected chi connectivity index (χ4v) is 6.01. The molecular weight excluding hydrogens is 456 g/mol. The van der Waals surface area contributed by atoms with E-state index in [1.807, 2.05) is 24.3 Å². The first-order chi connectivity index (χ1) is 14.8. The predicted molar refractivity (Wildman–Crippen MR) is 123 cm³/mol. The number of nitrogens with zero attached hydrogens (tertiary/aromatic N) is 1. The lowest BCUT2D eigenvalue weighted by molar-refractivity contribution is 0.0955. The van der Waals surface area contributed by atoms with E-state index < -0.39 is 15.9 Å². The number of hydrogen-bond donors (Lipinski definition) is 3. The van der Waals surface area contributed by atoms with Gasteiger partial charge in [0.05, 0.1) is 14.8 Å². The van der Waals surface area contributed by atoms with E-state index in [4.69, 9.17) is 21.5 Å². The Balaban J connectivity index is 1.44. The molecule has 3 N–H and O–H groups in total. The fourth-order valence-electron chi connectivity index (χ4n) is 3.21. The highest BCUT2D eigenvalue weighted by Crippen LogP contribution is 2.37. The van der Waals surface area contributed by atoms with Gasteiger partial charge >= 0.3 is 0 Å². The Morgan fingerprint density at radius 1 is 1.45 bits per heavy atom. The zero-order valence-electron chi connectivity index (χ0n) is 16.9. The van der Waals surface area contributed by atoms with Crippen molar-refractivity contribution in [1.29, 1.82) is 5.41 Å². The van der Waals surface area contributed by atoms with Crippen LogP contribution in [-0.2, 0) is 17.7 Å². The highest BCUT2D eigenvalue weighted by Gasteiger charge is 2.45. The van der Waals surface area contributed by atoms with Crippen LogP contribution in [0.4, 0.5) is 0 Å². The molecule has 2 unspecified atom stereocenters. The molecule has 31 heavy (non-hydrogen) atoms. The monoisotopic (exact) mass is 476 g/mol. The molecule has 0 bridgehead atoms. The molecule has 0 saturated carbocycles. The van der Waals surface area contributed by atoms with E-state index in [0.717, 1.165) is 16.8 Å². The Kier molecular flexibility index (Phi) is 6.11. The number of nitrogens with one attached hydrogen (secondary N) is 3. The first-order valence-corrected chi connectivity index (χ1v) is 12.1. The van der Waals surface area contributed by atoms with Gasteiger partial charge in [0.25, 0.3) is 5.91 Å². The van der Waals surface area contributed by atoms with Gasteiger partial charge in [0.2, 0.25) is 0 Å². The molecular formula is C21H21ClN4O3S2. The minimum atomic E-state index is -1.22. The smallest absolute Gasteiger partial charge is 0.261 e. The van der Waals surface area contributed by atoms with Gasteiger partial charge < -0.3 is 19.7 Å². The predicted octanol–water partition coefficient (Wildman–Crippen LogP) is 4.14. The van der Waals surface area contributed by atoms with Gasteiger partial charge in [-0.3, -0.25) is 10.2 Å². The number of amidine groups is 1. The van der Waals surface area contributed by atoms with E-state index in [9.17, 15) is 9.35 Å². The molecule has 0 spiro atoms. The van der Waals surface area contributed by atoms with Crippen molar-refractivity contribution in [3.05, 3.63) is 63.0 Å². The molecule has 0 radical (unpaired) electrons. The summed E-state index contributed by atoms with van der Waals surface area (Å²) in [5.41, 5.74) is 2.56. The first kappa shape index (κ1) is 21.9. The van der Waals surface area contributed by atoms with Crippen LogP contribution in [0, 0.1) is 5.41 Å². The fraction of sp³-hybridized carbons (Fsp3) is 0.286. The van der Waals surface area contributed by atoms with E-state index in [2.05, 4.69) is 15.8 Å². The molecule has 2 aromatic heterocycles. The lowest BCUT2D eigenvalue weighted by Gasteiger charge is -2.38. The largest absolute Gasteiger partial charge is 0.616 e. The van der Waals surface area contributed by atoms with Crippen molar-refractivity contribution in [3.8, 4) is 11.3 Å². The van der Waals surface area contributed by atoms with Gasteiger partial charge in [0.15, 0.2) is 10.6 Å². The Labute approximate surface area is 191 Å². The van der Waals surface area contributed by atoms with Crippen LogP contribution in [0.2, 0.25) is 5.02 Å². The summed E-state index contributed by atoms with van der Waals surface area (Å²) < 4.78 is 16.7. The number of carbonyl (C=O) groups is 1. The maximum atomic E-state index is 12.7. The maximum absolute atomic E-state index is 12.7. The number of benzene rings is 1. The van der Waals surface area contributed by atoms with E-state index in [0.29, 0.717) is 27.1 Å². The van der Waals surface area contributed by atoms with Crippen molar-refractivity contribution >= 4 is 45.9 Å². The van der Waals surface area contributed by atoms with E-state index in [1.54, 1.807) is 26.0 Å². The average molecular weight is 477 g/mol. The maximum Gasteiger partial charge on any atom is 0.261 e. The lowest BCUT2D eigenvalue weighted by Crippen LogP contribution is -2.56. The van der Waals surface area contributed by atoms with E-state index in [1.165, 1.54) is 17.6 Å². The molecule has 1 amide bonds. The second-order valence-corrected chi connectivity index (χ2v) is 11.2. The normalized spacial score (nSPS) is 20.3. The Hall–Kier alpha value is -2.33. The summed E-state index contributed by atoms with van der Waals surface area (Å²) in [5, 5.41) is 18.5. The third-order valence-corrected chi connectivity index (χ3v) is 8.83. The molecule has 1 fully saturated rings. The van der Waals surface area contributed by atoms with Crippen molar-refractivity contribution in [3.63, 3.8) is 0 Å². The van der Waals surface area contributed by atoms with Gasteiger partial charge in [-0.05, 0) is 42.7 Å². The lowest BCUT2D eigenvalue weighted by atomic mass is 10.1. The van der Waals surface area contributed by atoms with Crippen LogP contribution in [0.25, 0.3) is 11.3 Å². The van der Waals surface area contributed by atoms with Crippen LogP contribution in [0.15, 0.2) is 47.2 Å². The van der Waals surface area contributed by atoms with Crippen LogP contribution in [0.3, 0.4) is 0 Å². The van der Waals surface area contributed by atoms with Crippen LogP contribution in [0.1, 0.15) is 40.0 Å². The summed E-state index contributed by atoms with van der Waals surface area (Å²) in [6, 6.07) is 10.7. The zero-order valence-corrected chi connectivity index (χ0v) is 19.3. The number of halogens is 1. The summed E-state index contributed by atoms with van der Waals surface area (Å²) >= 11 is 6.43. The van der Waals surface area contributed by atoms with Gasteiger partial charge in [-0.1, -0.05) is 35.0 Å². The Morgan fingerprint density at radius 3 is 2.97 bits per heavy atom. The van der Waals surface area contributed by atoms with Crippen molar-refractivity contribution in [1.82, 2.24) is 15.8 Å². The number of thiophene rings is 1. The summed E-state index contributed by atoms with van der Waals surface area (Å²) in [7, 11) is 0. The number of carbonyl (C=O) groups excluding carboxylic acids is 1. The molecule has 1 aliphatic heterocycles. The van der Waals surface area contributed by atoms with Crippen molar-refractivity contribution in [2.75, 3.05) is 5.75 Å². The van der Waals surface area contributed by atoms with Crippen LogP contribution in [0.5, 0.6) is 0 Å².